The summed E-state index contributed by atoms with van der Waals surface area (Å²) < 4.78 is 36.2. The number of aromatic nitrogens is 1. The largest absolute Gasteiger partial charge is 0.405 e. The number of rotatable bonds is 2. The number of hydrogen-bond donors (Lipinski definition) is 1. The molecule has 1 N–H and O–H groups in total. The van der Waals surface area contributed by atoms with Gasteiger partial charge >= 0.3 is 6.18 Å². The molecule has 5 heteroatoms. The lowest BCUT2D eigenvalue weighted by Crippen LogP contribution is -2.21. The molecule has 1 aromatic carbocycles. The van der Waals surface area contributed by atoms with E-state index in [9.17, 15) is 13.2 Å². The van der Waals surface area contributed by atoms with Crippen molar-refractivity contribution in [3.8, 4) is 0 Å². The second-order valence-electron chi connectivity index (χ2n) is 3.35. The van der Waals surface area contributed by atoms with Crippen LogP contribution >= 0.6 is 0 Å². The predicted octanol–water partition coefficient (Wildman–Crippen LogP) is 3.21. The van der Waals surface area contributed by atoms with Crippen LogP contribution in [0.25, 0.3) is 10.8 Å². The molecule has 0 radical (unpaired) electrons. The van der Waals surface area contributed by atoms with Crippen molar-refractivity contribution in [1.82, 2.24) is 4.98 Å². The Morgan fingerprint density at radius 3 is 2.62 bits per heavy atom. The Bertz CT molecular complexity index is 489. The summed E-state index contributed by atoms with van der Waals surface area (Å²) in [6.07, 6.45) is -2.75. The summed E-state index contributed by atoms with van der Waals surface area (Å²) in [4.78, 5) is 3.90. The first-order valence-electron chi connectivity index (χ1n) is 4.71. The summed E-state index contributed by atoms with van der Waals surface area (Å²) >= 11 is 0. The molecule has 2 rings (SSSR count). The molecule has 0 saturated carbocycles. The van der Waals surface area contributed by atoms with Crippen LogP contribution in [0.2, 0.25) is 0 Å². The minimum absolute atomic E-state index is 0.260. The van der Waals surface area contributed by atoms with Crippen LogP contribution in [0.4, 0.5) is 19.0 Å². The van der Waals surface area contributed by atoms with Crippen LogP contribution in [0.1, 0.15) is 0 Å². The SMILES string of the molecule is FC(F)(F)CNc1nccc2ccccc12. The van der Waals surface area contributed by atoms with Crippen molar-refractivity contribution in [2.45, 2.75) is 6.18 Å². The predicted molar refractivity (Wildman–Crippen MR) is 56.3 cm³/mol. The number of anilines is 1. The number of hydrogen-bond acceptors (Lipinski definition) is 2. The average molecular weight is 226 g/mol. The van der Waals surface area contributed by atoms with Crippen molar-refractivity contribution >= 4 is 16.6 Å². The second-order valence-corrected chi connectivity index (χ2v) is 3.35. The van der Waals surface area contributed by atoms with Gasteiger partial charge in [0.1, 0.15) is 12.4 Å². The van der Waals surface area contributed by atoms with Crippen molar-refractivity contribution in [1.29, 1.82) is 0 Å². The first kappa shape index (κ1) is 10.7. The highest BCUT2D eigenvalue weighted by Gasteiger charge is 2.26. The second kappa shape index (κ2) is 4.00. The Balaban J connectivity index is 2.30. The Morgan fingerprint density at radius 1 is 1.12 bits per heavy atom. The third-order valence-corrected chi connectivity index (χ3v) is 2.13. The summed E-state index contributed by atoms with van der Waals surface area (Å²) in [5, 5.41) is 3.84. The smallest absolute Gasteiger partial charge is 0.361 e. The van der Waals surface area contributed by atoms with E-state index in [1.807, 2.05) is 12.1 Å². The van der Waals surface area contributed by atoms with Crippen molar-refractivity contribution < 1.29 is 13.2 Å². The van der Waals surface area contributed by atoms with Crippen molar-refractivity contribution in [3.63, 3.8) is 0 Å². The normalized spacial score (nSPS) is 11.7. The molecule has 0 aliphatic rings. The van der Waals surface area contributed by atoms with Gasteiger partial charge in [-0.15, -0.1) is 0 Å². The van der Waals surface area contributed by atoms with Gasteiger partial charge in [0, 0.05) is 11.6 Å². The maximum atomic E-state index is 12.1. The molecule has 0 amide bonds. The van der Waals surface area contributed by atoms with E-state index >= 15 is 0 Å². The van der Waals surface area contributed by atoms with E-state index in [0.29, 0.717) is 5.39 Å². The molecule has 0 spiro atoms. The lowest BCUT2D eigenvalue weighted by molar-refractivity contribution is -0.115. The maximum Gasteiger partial charge on any atom is 0.405 e. The first-order valence-corrected chi connectivity index (χ1v) is 4.71. The molecule has 0 atom stereocenters. The van der Waals surface area contributed by atoms with Crippen LogP contribution in [0.15, 0.2) is 36.5 Å². The molecule has 0 fully saturated rings. The molecule has 1 heterocycles. The summed E-state index contributed by atoms with van der Waals surface area (Å²) in [7, 11) is 0. The number of pyridine rings is 1. The zero-order valence-electron chi connectivity index (χ0n) is 8.25. The van der Waals surface area contributed by atoms with E-state index < -0.39 is 12.7 Å². The number of halogens is 3. The van der Waals surface area contributed by atoms with Gasteiger partial charge in [-0.25, -0.2) is 4.98 Å². The van der Waals surface area contributed by atoms with Crippen molar-refractivity contribution in [2.24, 2.45) is 0 Å². The lowest BCUT2D eigenvalue weighted by Gasteiger charge is -2.10. The van der Waals surface area contributed by atoms with E-state index in [2.05, 4.69) is 10.3 Å². The number of fused-ring (bicyclic) bond motifs is 1. The third-order valence-electron chi connectivity index (χ3n) is 2.13. The Morgan fingerprint density at radius 2 is 1.88 bits per heavy atom. The van der Waals surface area contributed by atoms with Gasteiger partial charge in [-0.2, -0.15) is 13.2 Å². The molecule has 2 nitrogen and oxygen atoms in total. The van der Waals surface area contributed by atoms with Crippen LogP contribution in [-0.2, 0) is 0 Å². The van der Waals surface area contributed by atoms with Gasteiger partial charge in [0.05, 0.1) is 0 Å². The highest BCUT2D eigenvalue weighted by atomic mass is 19.4. The van der Waals surface area contributed by atoms with E-state index in [-0.39, 0.29) is 5.82 Å². The molecule has 0 aliphatic heterocycles. The number of nitrogens with one attached hydrogen (secondary N) is 1. The van der Waals surface area contributed by atoms with Crippen LogP contribution in [-0.4, -0.2) is 17.7 Å². The van der Waals surface area contributed by atoms with Crippen LogP contribution in [0.3, 0.4) is 0 Å². The highest BCUT2D eigenvalue weighted by molar-refractivity contribution is 5.91. The van der Waals surface area contributed by atoms with Gasteiger partial charge < -0.3 is 5.32 Å². The highest BCUT2D eigenvalue weighted by Crippen LogP contribution is 2.22. The first-order chi connectivity index (χ1) is 7.56. The quantitative estimate of drug-likeness (QED) is 0.850. The summed E-state index contributed by atoms with van der Waals surface area (Å²) in [6.45, 7) is -1.08. The van der Waals surface area contributed by atoms with E-state index in [1.165, 1.54) is 6.20 Å². The average Bonchev–Trinajstić information content (AvgIpc) is 2.25. The molecular formula is C11H9F3N2. The number of nitrogens with zero attached hydrogens (tertiary/aromatic N) is 1. The summed E-state index contributed by atoms with van der Waals surface area (Å²) in [6, 6.07) is 8.92. The van der Waals surface area contributed by atoms with Gasteiger partial charge in [0.2, 0.25) is 0 Å². The Hall–Kier alpha value is -1.78. The van der Waals surface area contributed by atoms with Crippen LogP contribution in [0, 0.1) is 0 Å². The van der Waals surface area contributed by atoms with Crippen molar-refractivity contribution in [3.05, 3.63) is 36.5 Å². The Kier molecular flexibility index (Phi) is 2.68. The van der Waals surface area contributed by atoms with Gasteiger partial charge in [-0.05, 0) is 11.5 Å². The molecule has 84 valence electrons. The Labute approximate surface area is 90.1 Å². The summed E-state index contributed by atoms with van der Waals surface area (Å²) in [5.74, 6) is 0.260. The van der Waals surface area contributed by atoms with Crippen LogP contribution in [0.5, 0.6) is 0 Å². The molecule has 0 unspecified atom stereocenters. The van der Waals surface area contributed by atoms with Gasteiger partial charge in [-0.3, -0.25) is 0 Å². The van der Waals surface area contributed by atoms with Crippen molar-refractivity contribution in [2.75, 3.05) is 11.9 Å². The molecule has 0 aliphatic carbocycles. The van der Waals surface area contributed by atoms with Gasteiger partial charge in [0.25, 0.3) is 0 Å². The zero-order valence-corrected chi connectivity index (χ0v) is 8.25. The van der Waals surface area contributed by atoms with E-state index in [1.54, 1.807) is 18.2 Å². The van der Waals surface area contributed by atoms with Gasteiger partial charge in [0.15, 0.2) is 0 Å². The molecule has 16 heavy (non-hydrogen) atoms. The monoisotopic (exact) mass is 226 g/mol. The molecule has 0 bridgehead atoms. The van der Waals surface area contributed by atoms with Crippen LogP contribution < -0.4 is 5.32 Å². The molecule has 0 saturated heterocycles. The zero-order chi connectivity index (χ0) is 11.6. The third kappa shape index (κ3) is 2.42. The minimum atomic E-state index is -4.24. The van der Waals surface area contributed by atoms with Gasteiger partial charge in [-0.1, -0.05) is 24.3 Å². The fraction of sp³-hybridized carbons (Fsp3) is 0.182. The molecular weight excluding hydrogens is 217 g/mol. The fourth-order valence-corrected chi connectivity index (χ4v) is 1.44. The topological polar surface area (TPSA) is 24.9 Å². The molecule has 2 aromatic rings. The number of benzene rings is 1. The van der Waals surface area contributed by atoms with E-state index in [4.69, 9.17) is 0 Å². The standard InChI is InChI=1S/C11H9F3N2/c12-11(13,14)7-16-10-9-4-2-1-3-8(9)5-6-15-10/h1-6H,7H2,(H,15,16). The van der Waals surface area contributed by atoms with E-state index in [0.717, 1.165) is 5.39 Å². The fourth-order valence-electron chi connectivity index (χ4n) is 1.44. The maximum absolute atomic E-state index is 12.1. The number of alkyl halides is 3. The summed E-state index contributed by atoms with van der Waals surface area (Å²) in [5.41, 5.74) is 0. The minimum Gasteiger partial charge on any atom is -0.361 e. The molecule has 1 aromatic heterocycles. The lowest BCUT2D eigenvalue weighted by atomic mass is 10.1.